The van der Waals surface area contributed by atoms with Gasteiger partial charge in [0.2, 0.25) is 11.7 Å². The molecule has 0 saturated carbocycles. The molecule has 0 bridgehead atoms. The molecule has 1 aliphatic rings. The number of aryl methyl sites for hydroxylation is 1. The summed E-state index contributed by atoms with van der Waals surface area (Å²) in [5, 5.41) is 5.22. The molecule has 0 unspecified atom stereocenters. The van der Waals surface area contributed by atoms with Crippen LogP contribution in [-0.2, 0) is 27.3 Å². The first-order valence-electron chi connectivity index (χ1n) is 11.6. The van der Waals surface area contributed by atoms with Gasteiger partial charge < -0.3 is 15.5 Å². The van der Waals surface area contributed by atoms with E-state index in [1.807, 2.05) is 38.1 Å². The molecule has 0 radical (unpaired) electrons. The molecule has 2 heterocycles. The molecule has 0 atom stereocenters. The third-order valence-electron chi connectivity index (χ3n) is 5.77. The van der Waals surface area contributed by atoms with E-state index in [0.717, 1.165) is 29.0 Å². The zero-order chi connectivity index (χ0) is 24.9. The quantitative estimate of drug-likeness (QED) is 0.401. The van der Waals surface area contributed by atoms with Crippen molar-refractivity contribution < 1.29 is 19.2 Å². The van der Waals surface area contributed by atoms with Crippen LogP contribution in [0.2, 0.25) is 0 Å². The minimum Gasteiger partial charge on any atom is -0.343 e. The van der Waals surface area contributed by atoms with Gasteiger partial charge >= 0.3 is 11.8 Å². The average molecular weight is 490 g/mol. The Kier molecular flexibility index (Phi) is 7.41. The highest BCUT2D eigenvalue weighted by molar-refractivity contribution is 7.14. The van der Waals surface area contributed by atoms with Crippen molar-refractivity contribution in [2.45, 2.75) is 33.2 Å². The first-order chi connectivity index (χ1) is 16.8. The fraction of sp³-hybridized carbons (Fsp3) is 0.259. The van der Waals surface area contributed by atoms with Crippen LogP contribution < -0.4 is 15.5 Å². The highest BCUT2D eigenvalue weighted by Gasteiger charge is 2.25. The molecule has 3 amide bonds. The summed E-state index contributed by atoms with van der Waals surface area (Å²) in [7, 11) is 0. The van der Waals surface area contributed by atoms with Crippen molar-refractivity contribution >= 4 is 46.2 Å². The molecule has 1 aliphatic heterocycles. The number of benzene rings is 2. The SMILES string of the molecule is CC(C)C(=O)N1CCCc2ccc(NC(=O)C(=O)NCc3ccc(C(=O)c4ccccc4)s3)cc21. The maximum atomic E-state index is 12.6. The van der Waals surface area contributed by atoms with Crippen LogP contribution in [0.15, 0.2) is 60.7 Å². The van der Waals surface area contributed by atoms with E-state index >= 15 is 0 Å². The third kappa shape index (κ3) is 5.66. The molecule has 0 spiro atoms. The van der Waals surface area contributed by atoms with Crippen molar-refractivity contribution in [2.75, 3.05) is 16.8 Å². The van der Waals surface area contributed by atoms with Crippen LogP contribution in [0.3, 0.4) is 0 Å². The highest BCUT2D eigenvalue weighted by atomic mass is 32.1. The molecule has 0 saturated heterocycles. The third-order valence-corrected chi connectivity index (χ3v) is 6.86. The van der Waals surface area contributed by atoms with E-state index in [2.05, 4.69) is 10.6 Å². The number of thiophene rings is 1. The largest absolute Gasteiger partial charge is 0.343 e. The van der Waals surface area contributed by atoms with E-state index in [1.54, 1.807) is 41.3 Å². The molecule has 180 valence electrons. The van der Waals surface area contributed by atoms with Gasteiger partial charge in [0.1, 0.15) is 0 Å². The van der Waals surface area contributed by atoms with E-state index in [0.29, 0.717) is 22.7 Å². The Hall–Kier alpha value is -3.78. The van der Waals surface area contributed by atoms with Crippen LogP contribution in [0.5, 0.6) is 0 Å². The van der Waals surface area contributed by atoms with Gasteiger partial charge in [-0.25, -0.2) is 0 Å². The molecule has 0 fully saturated rings. The van der Waals surface area contributed by atoms with Gasteiger partial charge in [0.25, 0.3) is 0 Å². The molecule has 0 aliphatic carbocycles. The highest BCUT2D eigenvalue weighted by Crippen LogP contribution is 2.31. The van der Waals surface area contributed by atoms with Crippen LogP contribution >= 0.6 is 11.3 Å². The van der Waals surface area contributed by atoms with Crippen molar-refractivity contribution in [3.8, 4) is 0 Å². The van der Waals surface area contributed by atoms with E-state index in [4.69, 9.17) is 0 Å². The van der Waals surface area contributed by atoms with Crippen molar-refractivity contribution in [1.82, 2.24) is 5.32 Å². The molecule has 4 rings (SSSR count). The number of nitrogens with one attached hydrogen (secondary N) is 2. The Morgan fingerprint density at radius 2 is 1.74 bits per heavy atom. The Bertz CT molecular complexity index is 1270. The first-order valence-corrected chi connectivity index (χ1v) is 12.4. The van der Waals surface area contributed by atoms with E-state index in [1.165, 1.54) is 11.3 Å². The van der Waals surface area contributed by atoms with Gasteiger partial charge in [0.05, 0.1) is 11.4 Å². The summed E-state index contributed by atoms with van der Waals surface area (Å²) < 4.78 is 0. The molecule has 7 nitrogen and oxygen atoms in total. The lowest BCUT2D eigenvalue weighted by Gasteiger charge is -2.31. The minimum atomic E-state index is -0.792. The number of hydrogen-bond acceptors (Lipinski definition) is 5. The number of hydrogen-bond donors (Lipinski definition) is 2. The second kappa shape index (κ2) is 10.7. The van der Waals surface area contributed by atoms with E-state index < -0.39 is 11.8 Å². The molecule has 8 heteroatoms. The predicted octanol–water partition coefficient (Wildman–Crippen LogP) is 4.17. The monoisotopic (exact) mass is 489 g/mol. The molecule has 3 aromatic rings. The standard InChI is InChI=1S/C27H27N3O4S/c1-17(2)27(34)30-14-6-9-18-10-11-20(15-22(18)30)29-26(33)25(32)28-16-21-12-13-23(35-21)24(31)19-7-4-3-5-8-19/h3-5,7-8,10-13,15,17H,6,9,14,16H2,1-2H3,(H,28,32)(H,29,33). The second-order valence-corrected chi connectivity index (χ2v) is 9.86. The van der Waals surface area contributed by atoms with Gasteiger partial charge in [0, 0.05) is 34.3 Å². The Morgan fingerprint density at radius 3 is 2.49 bits per heavy atom. The van der Waals surface area contributed by atoms with Gasteiger partial charge in [-0.2, -0.15) is 0 Å². The second-order valence-electron chi connectivity index (χ2n) is 8.69. The zero-order valence-electron chi connectivity index (χ0n) is 19.7. The average Bonchev–Trinajstić information content (AvgIpc) is 3.35. The van der Waals surface area contributed by atoms with E-state index in [-0.39, 0.29) is 24.2 Å². The Morgan fingerprint density at radius 1 is 0.971 bits per heavy atom. The number of ketones is 1. The first kappa shape index (κ1) is 24.3. The number of rotatable bonds is 6. The van der Waals surface area contributed by atoms with Gasteiger partial charge in [0.15, 0.2) is 0 Å². The Balaban J connectivity index is 1.36. The van der Waals surface area contributed by atoms with Crippen molar-refractivity contribution in [1.29, 1.82) is 0 Å². The molecule has 2 aromatic carbocycles. The van der Waals surface area contributed by atoms with Gasteiger partial charge in [-0.1, -0.05) is 50.2 Å². The normalized spacial score (nSPS) is 12.7. The summed E-state index contributed by atoms with van der Waals surface area (Å²) in [6, 6.07) is 17.9. The van der Waals surface area contributed by atoms with Crippen LogP contribution in [-0.4, -0.2) is 30.0 Å². The summed E-state index contributed by atoms with van der Waals surface area (Å²) in [4.78, 5) is 53.1. The minimum absolute atomic E-state index is 0.0354. The lowest BCUT2D eigenvalue weighted by atomic mass is 9.99. The molecule has 1 aromatic heterocycles. The molecule has 2 N–H and O–H groups in total. The van der Waals surface area contributed by atoms with Crippen LogP contribution in [0, 0.1) is 5.92 Å². The summed E-state index contributed by atoms with van der Waals surface area (Å²) in [5.41, 5.74) is 2.89. The number of anilines is 2. The van der Waals surface area contributed by atoms with Crippen molar-refractivity contribution in [3.63, 3.8) is 0 Å². The van der Waals surface area contributed by atoms with Gasteiger partial charge in [-0.05, 0) is 42.7 Å². The number of nitrogens with zero attached hydrogens (tertiary/aromatic N) is 1. The fourth-order valence-electron chi connectivity index (χ4n) is 3.96. The summed E-state index contributed by atoms with van der Waals surface area (Å²) in [6.45, 7) is 4.50. The lowest BCUT2D eigenvalue weighted by Crippen LogP contribution is -2.38. The number of fused-ring (bicyclic) bond motifs is 1. The maximum Gasteiger partial charge on any atom is 0.313 e. The number of carbonyl (C=O) groups is 4. The summed E-state index contributed by atoms with van der Waals surface area (Å²) in [5.74, 6) is -1.75. The fourth-order valence-corrected chi connectivity index (χ4v) is 4.86. The number of amides is 3. The Labute approximate surface area is 208 Å². The van der Waals surface area contributed by atoms with Crippen LogP contribution in [0.4, 0.5) is 11.4 Å². The van der Waals surface area contributed by atoms with Crippen molar-refractivity contribution in [2.24, 2.45) is 5.92 Å². The van der Waals surface area contributed by atoms with Gasteiger partial charge in [-0.15, -0.1) is 11.3 Å². The number of carbonyl (C=O) groups excluding carboxylic acids is 4. The van der Waals surface area contributed by atoms with Crippen molar-refractivity contribution in [3.05, 3.63) is 81.5 Å². The summed E-state index contributed by atoms with van der Waals surface area (Å²) in [6.07, 6.45) is 1.75. The lowest BCUT2D eigenvalue weighted by molar-refractivity contribution is -0.136. The zero-order valence-corrected chi connectivity index (χ0v) is 20.5. The molecular formula is C27H27N3O4S. The predicted molar refractivity (Wildman–Crippen MR) is 137 cm³/mol. The van der Waals surface area contributed by atoms with Crippen LogP contribution in [0.1, 0.15) is 45.9 Å². The summed E-state index contributed by atoms with van der Waals surface area (Å²) >= 11 is 1.28. The molecule has 35 heavy (non-hydrogen) atoms. The molecular weight excluding hydrogens is 462 g/mol. The topological polar surface area (TPSA) is 95.6 Å². The van der Waals surface area contributed by atoms with E-state index in [9.17, 15) is 19.2 Å². The van der Waals surface area contributed by atoms with Crippen LogP contribution in [0.25, 0.3) is 0 Å². The smallest absolute Gasteiger partial charge is 0.313 e. The van der Waals surface area contributed by atoms with Gasteiger partial charge in [-0.3, -0.25) is 19.2 Å². The maximum absolute atomic E-state index is 12.6.